The van der Waals surface area contributed by atoms with Crippen molar-refractivity contribution in [3.8, 4) is 0 Å². The van der Waals surface area contributed by atoms with Crippen LogP contribution in [0.25, 0.3) is 0 Å². The molecule has 2 N–H and O–H groups in total. The minimum absolute atomic E-state index is 0.187. The van der Waals surface area contributed by atoms with Gasteiger partial charge in [-0.25, -0.2) is 8.42 Å². The van der Waals surface area contributed by atoms with Crippen LogP contribution in [0, 0.1) is 6.92 Å². The molecule has 6 heteroatoms. The summed E-state index contributed by atoms with van der Waals surface area (Å²) in [6.07, 6.45) is 0. The summed E-state index contributed by atoms with van der Waals surface area (Å²) in [4.78, 5) is 0.187. The average molecular weight is 270 g/mol. The Labute approximate surface area is 108 Å². The molecule has 1 rings (SSSR count). The molecule has 0 saturated carbocycles. The molecule has 0 aliphatic heterocycles. The van der Waals surface area contributed by atoms with E-state index in [2.05, 4.69) is 9.88 Å². The van der Waals surface area contributed by atoms with Gasteiger partial charge in [0.1, 0.15) is 0 Å². The quantitative estimate of drug-likeness (QED) is 0.498. The largest absolute Gasteiger partial charge is 0.411 e. The predicted molar refractivity (Wildman–Crippen MR) is 70.5 cm³/mol. The van der Waals surface area contributed by atoms with Gasteiger partial charge in [0.25, 0.3) is 0 Å². The number of nitrogens with zero attached hydrogens (tertiary/aromatic N) is 1. The Morgan fingerprint density at radius 2 is 1.78 bits per heavy atom. The molecule has 0 spiro atoms. The third kappa shape index (κ3) is 3.30. The molecule has 0 aliphatic rings. The van der Waals surface area contributed by atoms with Crippen LogP contribution in [0.1, 0.15) is 26.3 Å². The first kappa shape index (κ1) is 14.7. The van der Waals surface area contributed by atoms with E-state index in [9.17, 15) is 8.42 Å². The van der Waals surface area contributed by atoms with Gasteiger partial charge in [-0.2, -0.15) is 4.72 Å². The maximum Gasteiger partial charge on any atom is 0.241 e. The molecule has 0 atom stereocenters. The van der Waals surface area contributed by atoms with Crippen LogP contribution in [0.15, 0.2) is 34.3 Å². The lowest BCUT2D eigenvalue weighted by molar-refractivity contribution is 0.313. The molecule has 0 unspecified atom stereocenters. The molecule has 1 aromatic carbocycles. The highest BCUT2D eigenvalue weighted by molar-refractivity contribution is 7.89. The lowest BCUT2D eigenvalue weighted by Crippen LogP contribution is -2.48. The van der Waals surface area contributed by atoms with E-state index in [0.29, 0.717) is 0 Å². The van der Waals surface area contributed by atoms with Gasteiger partial charge in [-0.1, -0.05) is 22.9 Å². The fraction of sp³-hybridized carbons (Fsp3) is 0.417. The zero-order chi connectivity index (χ0) is 14.0. The number of hydrogen-bond acceptors (Lipinski definition) is 4. The lowest BCUT2D eigenvalue weighted by atomic mass is 10.0. The predicted octanol–water partition coefficient (Wildman–Crippen LogP) is 1.90. The fourth-order valence-electron chi connectivity index (χ4n) is 1.31. The van der Waals surface area contributed by atoms with Crippen molar-refractivity contribution in [1.29, 1.82) is 0 Å². The van der Waals surface area contributed by atoms with Crippen LogP contribution in [0.5, 0.6) is 0 Å². The summed E-state index contributed by atoms with van der Waals surface area (Å²) in [5.74, 6) is 0. The van der Waals surface area contributed by atoms with Crippen LogP contribution >= 0.6 is 0 Å². The Kier molecular flexibility index (Phi) is 4.13. The first-order valence-electron chi connectivity index (χ1n) is 5.49. The van der Waals surface area contributed by atoms with E-state index in [4.69, 9.17) is 5.21 Å². The first-order valence-corrected chi connectivity index (χ1v) is 6.97. The smallest absolute Gasteiger partial charge is 0.241 e. The summed E-state index contributed by atoms with van der Waals surface area (Å²) in [5.41, 5.74) is 0.331. The van der Waals surface area contributed by atoms with Crippen molar-refractivity contribution in [2.45, 2.75) is 38.1 Å². The minimum Gasteiger partial charge on any atom is -0.411 e. The second kappa shape index (κ2) is 5.07. The molecule has 0 heterocycles. The highest BCUT2D eigenvalue weighted by Crippen LogP contribution is 2.15. The SMILES string of the molecule is C/C(=N\O)C(C)(C)NS(=O)(=O)c1ccc(C)cc1. The third-order valence-electron chi connectivity index (χ3n) is 2.78. The topological polar surface area (TPSA) is 78.8 Å². The Morgan fingerprint density at radius 3 is 2.22 bits per heavy atom. The Balaban J connectivity index is 3.06. The first-order chi connectivity index (χ1) is 8.19. The van der Waals surface area contributed by atoms with Crippen LogP contribution in [0.3, 0.4) is 0 Å². The van der Waals surface area contributed by atoms with E-state index in [1.54, 1.807) is 45.0 Å². The molecular formula is C12H18N2O3S. The summed E-state index contributed by atoms with van der Waals surface area (Å²) in [6, 6.07) is 6.54. The highest BCUT2D eigenvalue weighted by atomic mass is 32.2. The number of benzene rings is 1. The Bertz CT molecular complexity index is 545. The molecule has 0 amide bonds. The van der Waals surface area contributed by atoms with E-state index in [0.717, 1.165) is 5.56 Å². The molecule has 100 valence electrons. The summed E-state index contributed by atoms with van der Waals surface area (Å²) in [7, 11) is -3.63. The van der Waals surface area contributed by atoms with Gasteiger partial charge in [0, 0.05) is 0 Å². The third-order valence-corrected chi connectivity index (χ3v) is 4.45. The van der Waals surface area contributed by atoms with Gasteiger partial charge in [0.2, 0.25) is 10.0 Å². The maximum absolute atomic E-state index is 12.1. The van der Waals surface area contributed by atoms with E-state index in [1.807, 2.05) is 6.92 Å². The maximum atomic E-state index is 12.1. The van der Waals surface area contributed by atoms with Crippen molar-refractivity contribution in [3.05, 3.63) is 29.8 Å². The molecule has 0 aliphatic carbocycles. The van der Waals surface area contributed by atoms with Gasteiger partial charge in [-0.05, 0) is 39.8 Å². The highest BCUT2D eigenvalue weighted by Gasteiger charge is 2.29. The summed E-state index contributed by atoms with van der Waals surface area (Å²) < 4.78 is 26.8. The number of rotatable bonds is 4. The second-order valence-corrected chi connectivity index (χ2v) is 6.41. The molecule has 0 saturated heterocycles. The van der Waals surface area contributed by atoms with Crippen molar-refractivity contribution in [1.82, 2.24) is 4.72 Å². The van der Waals surface area contributed by atoms with E-state index >= 15 is 0 Å². The zero-order valence-corrected chi connectivity index (χ0v) is 11.7. The van der Waals surface area contributed by atoms with Crippen molar-refractivity contribution >= 4 is 15.7 Å². The number of sulfonamides is 1. The van der Waals surface area contributed by atoms with Crippen molar-refractivity contribution < 1.29 is 13.6 Å². The van der Waals surface area contributed by atoms with Crippen LogP contribution < -0.4 is 4.72 Å². The average Bonchev–Trinajstić information content (AvgIpc) is 2.27. The van der Waals surface area contributed by atoms with Gasteiger partial charge in [-0.3, -0.25) is 0 Å². The van der Waals surface area contributed by atoms with Crippen molar-refractivity contribution in [3.63, 3.8) is 0 Å². The number of nitrogens with one attached hydrogen (secondary N) is 1. The molecule has 5 nitrogen and oxygen atoms in total. The van der Waals surface area contributed by atoms with Crippen molar-refractivity contribution in [2.75, 3.05) is 0 Å². The molecule has 1 aromatic rings. The van der Waals surface area contributed by atoms with Crippen LogP contribution in [0.2, 0.25) is 0 Å². The molecule has 0 aromatic heterocycles. The lowest BCUT2D eigenvalue weighted by Gasteiger charge is -2.24. The summed E-state index contributed by atoms with van der Waals surface area (Å²) >= 11 is 0. The van der Waals surface area contributed by atoms with Gasteiger partial charge < -0.3 is 5.21 Å². The van der Waals surface area contributed by atoms with Gasteiger partial charge in [-0.15, -0.1) is 0 Å². The summed E-state index contributed by atoms with van der Waals surface area (Å²) in [6.45, 7) is 6.70. The summed E-state index contributed by atoms with van der Waals surface area (Å²) in [5, 5.41) is 11.8. The molecule has 0 radical (unpaired) electrons. The Morgan fingerprint density at radius 1 is 1.28 bits per heavy atom. The van der Waals surface area contributed by atoms with Crippen molar-refractivity contribution in [2.24, 2.45) is 5.16 Å². The van der Waals surface area contributed by atoms with Gasteiger partial charge >= 0.3 is 0 Å². The standard InChI is InChI=1S/C12H18N2O3S/c1-9-5-7-11(8-6-9)18(16,17)14-12(3,4)10(2)13-15/h5-8,14-15H,1-4H3/b13-10+. The molecule has 18 heavy (non-hydrogen) atoms. The monoisotopic (exact) mass is 270 g/mol. The molecule has 0 bridgehead atoms. The van der Waals surface area contributed by atoms with E-state index in [-0.39, 0.29) is 10.6 Å². The normalized spacial score (nSPS) is 13.7. The number of aryl methyl sites for hydroxylation is 1. The zero-order valence-electron chi connectivity index (χ0n) is 10.9. The van der Waals surface area contributed by atoms with Crippen LogP contribution in [0.4, 0.5) is 0 Å². The fourth-order valence-corrected chi connectivity index (χ4v) is 2.74. The number of oxime groups is 1. The van der Waals surface area contributed by atoms with Crippen LogP contribution in [-0.4, -0.2) is 24.9 Å². The van der Waals surface area contributed by atoms with Gasteiger partial charge in [0.15, 0.2) is 0 Å². The second-order valence-electron chi connectivity index (χ2n) is 4.73. The molecule has 0 fully saturated rings. The number of hydrogen-bond donors (Lipinski definition) is 2. The van der Waals surface area contributed by atoms with E-state index < -0.39 is 15.6 Å². The molecular weight excluding hydrogens is 252 g/mol. The van der Waals surface area contributed by atoms with Gasteiger partial charge in [0.05, 0.1) is 16.1 Å². The van der Waals surface area contributed by atoms with Crippen LogP contribution in [-0.2, 0) is 10.0 Å². The van der Waals surface area contributed by atoms with E-state index in [1.165, 1.54) is 0 Å². The minimum atomic E-state index is -3.63. The Hall–Kier alpha value is -1.40.